The summed E-state index contributed by atoms with van der Waals surface area (Å²) in [4.78, 5) is 2.10. The molecule has 90 valence electrons. The zero-order chi connectivity index (χ0) is 12.3. The van der Waals surface area contributed by atoms with Gasteiger partial charge in [-0.05, 0) is 24.1 Å². The van der Waals surface area contributed by atoms with Gasteiger partial charge in [-0.15, -0.1) is 0 Å². The van der Waals surface area contributed by atoms with Crippen molar-refractivity contribution in [1.82, 2.24) is 5.16 Å². The first-order chi connectivity index (χ1) is 8.19. The summed E-state index contributed by atoms with van der Waals surface area (Å²) in [6.07, 6.45) is 1.06. The van der Waals surface area contributed by atoms with Gasteiger partial charge in [-0.1, -0.05) is 24.2 Å². The van der Waals surface area contributed by atoms with Gasteiger partial charge in [-0.3, -0.25) is 0 Å². The van der Waals surface area contributed by atoms with Gasteiger partial charge in [0, 0.05) is 18.8 Å². The molecule has 0 aliphatic carbocycles. The van der Waals surface area contributed by atoms with Gasteiger partial charge >= 0.3 is 0 Å². The van der Waals surface area contributed by atoms with E-state index < -0.39 is 0 Å². The molecule has 2 rings (SSSR count). The van der Waals surface area contributed by atoms with E-state index in [0.29, 0.717) is 12.4 Å². The van der Waals surface area contributed by atoms with E-state index in [1.165, 1.54) is 5.56 Å². The van der Waals surface area contributed by atoms with Crippen molar-refractivity contribution in [2.24, 2.45) is 0 Å². The molecule has 0 amide bonds. The maximum atomic E-state index is 5.51. The molecule has 1 aromatic carbocycles. The highest BCUT2D eigenvalue weighted by atomic mass is 16.5. The van der Waals surface area contributed by atoms with Crippen LogP contribution in [0.3, 0.4) is 0 Å². The highest BCUT2D eigenvalue weighted by molar-refractivity contribution is 5.47. The number of benzene rings is 1. The van der Waals surface area contributed by atoms with Crippen molar-refractivity contribution in [1.29, 1.82) is 0 Å². The molecule has 17 heavy (non-hydrogen) atoms. The van der Waals surface area contributed by atoms with E-state index in [9.17, 15) is 0 Å². The normalized spacial score (nSPS) is 10.5. The minimum absolute atomic E-state index is 0.426. The fourth-order valence-electron chi connectivity index (χ4n) is 1.71. The quantitative estimate of drug-likeness (QED) is 0.878. The molecule has 0 radical (unpaired) electrons. The molecule has 1 aromatic heterocycles. The molecule has 0 spiro atoms. The van der Waals surface area contributed by atoms with Crippen LogP contribution >= 0.6 is 0 Å². The summed E-state index contributed by atoms with van der Waals surface area (Å²) >= 11 is 0. The number of hydrogen-bond acceptors (Lipinski definition) is 4. The second-order valence-electron chi connectivity index (χ2n) is 4.09. The second-order valence-corrected chi connectivity index (χ2v) is 4.09. The molecule has 0 saturated heterocycles. The summed E-state index contributed by atoms with van der Waals surface area (Å²) in [5, 5.41) is 3.67. The fraction of sp³-hybridized carbons (Fsp3) is 0.308. The Bertz CT molecular complexity index is 476. The van der Waals surface area contributed by atoms with Crippen molar-refractivity contribution >= 4 is 11.5 Å². The minimum Gasteiger partial charge on any atom is -0.381 e. The number of nitrogens with zero attached hydrogens (tertiary/aromatic N) is 2. The molecule has 0 aliphatic rings. The van der Waals surface area contributed by atoms with Gasteiger partial charge in [0.1, 0.15) is 0 Å². The summed E-state index contributed by atoms with van der Waals surface area (Å²) in [5.41, 5.74) is 8.00. The molecule has 0 unspecified atom stereocenters. The number of anilines is 2. The lowest BCUT2D eigenvalue weighted by Gasteiger charge is -2.17. The van der Waals surface area contributed by atoms with Crippen LogP contribution in [0.2, 0.25) is 0 Å². The molecule has 4 heteroatoms. The zero-order valence-corrected chi connectivity index (χ0v) is 10.2. The number of rotatable bonds is 4. The van der Waals surface area contributed by atoms with Crippen LogP contribution in [0.25, 0.3) is 0 Å². The molecule has 4 nitrogen and oxygen atoms in total. The SMILES string of the molecule is CCc1ccc(N(C)Cc2cc(N)no2)cc1. The van der Waals surface area contributed by atoms with Crippen LogP contribution in [0.5, 0.6) is 0 Å². The van der Waals surface area contributed by atoms with Crippen LogP contribution in [0.15, 0.2) is 34.9 Å². The topological polar surface area (TPSA) is 55.3 Å². The Kier molecular flexibility index (Phi) is 3.32. The van der Waals surface area contributed by atoms with Crippen molar-refractivity contribution < 1.29 is 4.52 Å². The average molecular weight is 231 g/mol. The minimum atomic E-state index is 0.426. The summed E-state index contributed by atoms with van der Waals surface area (Å²) in [6, 6.07) is 10.2. The monoisotopic (exact) mass is 231 g/mol. The molecular formula is C13H17N3O. The number of hydrogen-bond donors (Lipinski definition) is 1. The smallest absolute Gasteiger partial charge is 0.167 e. The van der Waals surface area contributed by atoms with Crippen molar-refractivity contribution in [3.63, 3.8) is 0 Å². The first kappa shape index (κ1) is 11.5. The van der Waals surface area contributed by atoms with Crippen LogP contribution in [-0.2, 0) is 13.0 Å². The zero-order valence-electron chi connectivity index (χ0n) is 10.2. The Labute approximate surface area is 101 Å². The molecule has 2 aromatic rings. The molecule has 0 aliphatic heterocycles. The molecule has 0 atom stereocenters. The van der Waals surface area contributed by atoms with Gasteiger partial charge in [0.2, 0.25) is 0 Å². The van der Waals surface area contributed by atoms with Crippen LogP contribution in [0.1, 0.15) is 18.2 Å². The highest BCUT2D eigenvalue weighted by Crippen LogP contribution is 2.17. The third-order valence-electron chi connectivity index (χ3n) is 2.76. The predicted molar refractivity (Wildman–Crippen MR) is 68.8 cm³/mol. The van der Waals surface area contributed by atoms with Gasteiger partial charge in [0.15, 0.2) is 11.6 Å². The largest absolute Gasteiger partial charge is 0.381 e. The fourth-order valence-corrected chi connectivity index (χ4v) is 1.71. The van der Waals surface area contributed by atoms with Crippen molar-refractivity contribution in [2.75, 3.05) is 17.7 Å². The van der Waals surface area contributed by atoms with Crippen molar-refractivity contribution in [2.45, 2.75) is 19.9 Å². The van der Waals surface area contributed by atoms with Crippen molar-refractivity contribution in [3.8, 4) is 0 Å². The Morgan fingerprint density at radius 1 is 1.29 bits per heavy atom. The van der Waals surface area contributed by atoms with E-state index >= 15 is 0 Å². The number of aryl methyl sites for hydroxylation is 1. The summed E-state index contributed by atoms with van der Waals surface area (Å²) < 4.78 is 5.08. The Balaban J connectivity index is 2.06. The molecular weight excluding hydrogens is 214 g/mol. The van der Waals surface area contributed by atoms with Gasteiger partial charge in [0.05, 0.1) is 6.54 Å². The lowest BCUT2D eigenvalue weighted by atomic mass is 10.1. The van der Waals surface area contributed by atoms with E-state index in [1.54, 1.807) is 6.07 Å². The third kappa shape index (κ3) is 2.78. The van der Waals surface area contributed by atoms with Crippen LogP contribution in [0, 0.1) is 0 Å². The lowest BCUT2D eigenvalue weighted by Crippen LogP contribution is -2.15. The van der Waals surface area contributed by atoms with E-state index in [1.807, 2.05) is 7.05 Å². The van der Waals surface area contributed by atoms with Gasteiger partial charge < -0.3 is 15.2 Å². The molecule has 2 N–H and O–H groups in total. The highest BCUT2D eigenvalue weighted by Gasteiger charge is 2.06. The van der Waals surface area contributed by atoms with Crippen LogP contribution in [0.4, 0.5) is 11.5 Å². The van der Waals surface area contributed by atoms with Gasteiger partial charge in [0.25, 0.3) is 0 Å². The first-order valence-corrected chi connectivity index (χ1v) is 5.70. The average Bonchev–Trinajstić information content (AvgIpc) is 2.75. The Morgan fingerprint density at radius 2 is 2.00 bits per heavy atom. The van der Waals surface area contributed by atoms with Gasteiger partial charge in [-0.25, -0.2) is 0 Å². The summed E-state index contributed by atoms with van der Waals surface area (Å²) in [6.45, 7) is 2.81. The Morgan fingerprint density at radius 3 is 2.53 bits per heavy atom. The molecule has 1 heterocycles. The molecule has 0 fully saturated rings. The third-order valence-corrected chi connectivity index (χ3v) is 2.76. The second kappa shape index (κ2) is 4.91. The standard InChI is InChI=1S/C13H17N3O/c1-3-10-4-6-11(7-5-10)16(2)9-12-8-13(14)15-17-12/h4-8H,3,9H2,1-2H3,(H2,14,15). The maximum absolute atomic E-state index is 5.51. The van der Waals surface area contributed by atoms with E-state index in [0.717, 1.165) is 17.9 Å². The molecule has 0 bridgehead atoms. The Hall–Kier alpha value is -1.97. The lowest BCUT2D eigenvalue weighted by molar-refractivity contribution is 0.385. The number of nitrogen functional groups attached to an aromatic ring is 1. The van der Waals surface area contributed by atoms with Gasteiger partial charge in [-0.2, -0.15) is 0 Å². The van der Waals surface area contributed by atoms with Crippen LogP contribution < -0.4 is 10.6 Å². The molecule has 0 saturated carbocycles. The summed E-state index contributed by atoms with van der Waals surface area (Å²) in [7, 11) is 2.01. The maximum Gasteiger partial charge on any atom is 0.167 e. The van der Waals surface area contributed by atoms with E-state index in [2.05, 4.69) is 41.2 Å². The van der Waals surface area contributed by atoms with Crippen LogP contribution in [-0.4, -0.2) is 12.2 Å². The first-order valence-electron chi connectivity index (χ1n) is 5.70. The number of nitrogens with two attached hydrogens (primary N) is 1. The van der Waals surface area contributed by atoms with E-state index in [4.69, 9.17) is 10.3 Å². The number of aromatic nitrogens is 1. The van der Waals surface area contributed by atoms with Crippen molar-refractivity contribution in [3.05, 3.63) is 41.7 Å². The predicted octanol–water partition coefficient (Wildman–Crippen LogP) is 2.46. The van der Waals surface area contributed by atoms with E-state index in [-0.39, 0.29) is 0 Å². The summed E-state index contributed by atoms with van der Waals surface area (Å²) in [5.74, 6) is 1.19.